The minimum atomic E-state index is 0.650. The first-order valence-corrected chi connectivity index (χ1v) is 7.59. The number of halogens is 2. The summed E-state index contributed by atoms with van der Waals surface area (Å²) in [6.07, 6.45) is 1.19. The van der Waals surface area contributed by atoms with E-state index in [4.69, 9.17) is 0 Å². The third-order valence-corrected chi connectivity index (χ3v) is 4.58. The molecule has 92 valence electrons. The largest absolute Gasteiger partial charge is 0.384 e. The Hall–Kier alpha value is -0.800. The van der Waals surface area contributed by atoms with Gasteiger partial charge in [0.15, 0.2) is 0 Å². The van der Waals surface area contributed by atoms with Crippen molar-refractivity contribution in [2.45, 2.75) is 12.3 Å². The summed E-state index contributed by atoms with van der Waals surface area (Å²) in [7, 11) is 0. The fraction of sp³-hybridized carbons (Fsp3) is 0.200. The van der Waals surface area contributed by atoms with Crippen LogP contribution in [-0.2, 0) is 6.42 Å². The highest BCUT2D eigenvalue weighted by Crippen LogP contribution is 2.35. The molecule has 0 amide bonds. The maximum absolute atomic E-state index is 3.58. The lowest BCUT2D eigenvalue weighted by molar-refractivity contribution is 0.635. The van der Waals surface area contributed by atoms with E-state index in [9.17, 15) is 0 Å². The van der Waals surface area contributed by atoms with Crippen LogP contribution in [0.2, 0.25) is 0 Å². The minimum absolute atomic E-state index is 0.650. The van der Waals surface area contributed by atoms with Crippen molar-refractivity contribution in [3.63, 3.8) is 0 Å². The lowest BCUT2D eigenvalue weighted by Crippen LogP contribution is -2.24. The lowest BCUT2D eigenvalue weighted by atomic mass is 9.77. The van der Waals surface area contributed by atoms with E-state index in [0.29, 0.717) is 5.92 Å². The standard InChI is InChI=1S/C15H13Br2N/c16-12-5-6-15(14(17)8-12)18-9-11-7-10-3-1-2-4-13(10)11/h1-6,8,11,18H,7,9H2. The predicted octanol–water partition coefficient (Wildman–Crippen LogP) is 4.96. The highest BCUT2D eigenvalue weighted by atomic mass is 79.9. The van der Waals surface area contributed by atoms with Gasteiger partial charge in [0.05, 0.1) is 0 Å². The molecule has 2 aromatic rings. The van der Waals surface area contributed by atoms with Gasteiger partial charge >= 0.3 is 0 Å². The van der Waals surface area contributed by atoms with Crippen molar-refractivity contribution in [3.05, 3.63) is 62.5 Å². The molecular formula is C15H13Br2N. The van der Waals surface area contributed by atoms with Crippen LogP contribution in [0.1, 0.15) is 17.0 Å². The van der Waals surface area contributed by atoms with Crippen LogP contribution in [0.5, 0.6) is 0 Å². The van der Waals surface area contributed by atoms with Crippen molar-refractivity contribution >= 4 is 37.5 Å². The first kappa shape index (κ1) is 12.2. The maximum atomic E-state index is 3.58. The SMILES string of the molecule is Brc1ccc(NCC2Cc3ccccc32)c(Br)c1. The second-order valence-corrected chi connectivity index (χ2v) is 6.37. The highest BCUT2D eigenvalue weighted by Gasteiger charge is 2.24. The molecule has 1 nitrogen and oxygen atoms in total. The van der Waals surface area contributed by atoms with E-state index in [0.717, 1.165) is 21.2 Å². The molecular weight excluding hydrogens is 354 g/mol. The van der Waals surface area contributed by atoms with Crippen molar-refractivity contribution in [2.24, 2.45) is 0 Å². The molecule has 0 bridgehead atoms. The number of hydrogen-bond acceptors (Lipinski definition) is 1. The van der Waals surface area contributed by atoms with Crippen LogP contribution in [0.15, 0.2) is 51.4 Å². The van der Waals surface area contributed by atoms with Gasteiger partial charge < -0.3 is 5.32 Å². The molecule has 3 heteroatoms. The van der Waals surface area contributed by atoms with Gasteiger partial charge in [0.25, 0.3) is 0 Å². The predicted molar refractivity (Wildman–Crippen MR) is 83.2 cm³/mol. The van der Waals surface area contributed by atoms with Gasteiger partial charge in [-0.1, -0.05) is 40.2 Å². The summed E-state index contributed by atoms with van der Waals surface area (Å²) in [5.74, 6) is 0.650. The molecule has 0 heterocycles. The van der Waals surface area contributed by atoms with Crippen molar-refractivity contribution < 1.29 is 0 Å². The Morgan fingerprint density at radius 3 is 2.72 bits per heavy atom. The summed E-state index contributed by atoms with van der Waals surface area (Å²) in [5, 5.41) is 3.52. The zero-order valence-electron chi connectivity index (χ0n) is 9.79. The first-order chi connectivity index (χ1) is 8.74. The fourth-order valence-electron chi connectivity index (χ4n) is 2.41. The highest BCUT2D eigenvalue weighted by molar-refractivity contribution is 9.11. The molecule has 2 aromatic carbocycles. The average Bonchev–Trinajstić information content (AvgIpc) is 2.33. The summed E-state index contributed by atoms with van der Waals surface area (Å²) >= 11 is 7.04. The van der Waals surface area contributed by atoms with E-state index in [-0.39, 0.29) is 0 Å². The molecule has 1 atom stereocenters. The van der Waals surface area contributed by atoms with Gasteiger partial charge in [-0.3, -0.25) is 0 Å². The topological polar surface area (TPSA) is 12.0 Å². The number of anilines is 1. The monoisotopic (exact) mass is 365 g/mol. The molecule has 18 heavy (non-hydrogen) atoms. The van der Waals surface area contributed by atoms with Crippen LogP contribution in [-0.4, -0.2) is 6.54 Å². The second-order valence-electron chi connectivity index (χ2n) is 4.60. The Balaban J connectivity index is 1.66. The quantitative estimate of drug-likeness (QED) is 0.809. The zero-order chi connectivity index (χ0) is 12.5. The summed E-state index contributed by atoms with van der Waals surface area (Å²) in [5.41, 5.74) is 4.15. The minimum Gasteiger partial charge on any atom is -0.384 e. The number of nitrogens with one attached hydrogen (secondary N) is 1. The van der Waals surface area contributed by atoms with Crippen LogP contribution in [0.3, 0.4) is 0 Å². The van der Waals surface area contributed by atoms with Gasteiger partial charge in [0.1, 0.15) is 0 Å². The fourth-order valence-corrected chi connectivity index (χ4v) is 3.60. The molecule has 0 aliphatic heterocycles. The maximum Gasteiger partial charge on any atom is 0.0485 e. The number of rotatable bonds is 3. The summed E-state index contributed by atoms with van der Waals surface area (Å²) in [4.78, 5) is 0. The Bertz CT molecular complexity index is 580. The summed E-state index contributed by atoms with van der Waals surface area (Å²) < 4.78 is 2.19. The van der Waals surface area contributed by atoms with Gasteiger partial charge in [-0.05, 0) is 51.7 Å². The molecule has 0 saturated heterocycles. The Morgan fingerprint density at radius 2 is 1.94 bits per heavy atom. The van der Waals surface area contributed by atoms with Crippen molar-refractivity contribution in [2.75, 3.05) is 11.9 Å². The van der Waals surface area contributed by atoms with Crippen LogP contribution in [0.25, 0.3) is 0 Å². The van der Waals surface area contributed by atoms with Crippen LogP contribution >= 0.6 is 31.9 Å². The van der Waals surface area contributed by atoms with Crippen molar-refractivity contribution in [1.82, 2.24) is 0 Å². The molecule has 0 spiro atoms. The Kier molecular flexibility index (Phi) is 3.44. The third kappa shape index (κ3) is 2.34. The molecule has 0 radical (unpaired) electrons. The normalized spacial score (nSPS) is 16.9. The van der Waals surface area contributed by atoms with E-state index in [1.807, 2.05) is 0 Å². The van der Waals surface area contributed by atoms with E-state index in [2.05, 4.69) is 79.6 Å². The van der Waals surface area contributed by atoms with E-state index in [1.54, 1.807) is 0 Å². The molecule has 1 unspecified atom stereocenters. The van der Waals surface area contributed by atoms with Crippen LogP contribution in [0.4, 0.5) is 5.69 Å². The third-order valence-electron chi connectivity index (χ3n) is 3.43. The van der Waals surface area contributed by atoms with Gasteiger partial charge in [-0.25, -0.2) is 0 Å². The number of benzene rings is 2. The lowest BCUT2D eigenvalue weighted by Gasteiger charge is -2.30. The molecule has 1 N–H and O–H groups in total. The molecule has 0 saturated carbocycles. The summed E-state index contributed by atoms with van der Waals surface area (Å²) in [6.45, 7) is 0.997. The second kappa shape index (κ2) is 5.06. The van der Waals surface area contributed by atoms with Crippen LogP contribution < -0.4 is 5.32 Å². The van der Waals surface area contributed by atoms with Crippen LogP contribution in [0, 0.1) is 0 Å². The van der Waals surface area contributed by atoms with Gasteiger partial charge in [0.2, 0.25) is 0 Å². The summed E-state index contributed by atoms with van der Waals surface area (Å²) in [6, 6.07) is 14.9. The van der Waals surface area contributed by atoms with Crippen molar-refractivity contribution in [3.8, 4) is 0 Å². The zero-order valence-corrected chi connectivity index (χ0v) is 13.0. The van der Waals surface area contributed by atoms with Gasteiger partial charge in [-0.2, -0.15) is 0 Å². The van der Waals surface area contributed by atoms with Gasteiger partial charge in [0, 0.05) is 27.1 Å². The molecule has 1 aliphatic carbocycles. The van der Waals surface area contributed by atoms with E-state index < -0.39 is 0 Å². The van der Waals surface area contributed by atoms with Crippen molar-refractivity contribution in [1.29, 1.82) is 0 Å². The molecule has 3 rings (SSSR count). The number of hydrogen-bond donors (Lipinski definition) is 1. The Labute approximate surface area is 124 Å². The molecule has 0 fully saturated rings. The molecule has 1 aliphatic rings. The molecule has 0 aromatic heterocycles. The first-order valence-electron chi connectivity index (χ1n) is 6.01. The Morgan fingerprint density at radius 1 is 1.11 bits per heavy atom. The van der Waals surface area contributed by atoms with E-state index >= 15 is 0 Å². The smallest absolute Gasteiger partial charge is 0.0485 e. The number of fused-ring (bicyclic) bond motifs is 1. The average molecular weight is 367 g/mol. The van der Waals surface area contributed by atoms with Gasteiger partial charge in [-0.15, -0.1) is 0 Å². The van der Waals surface area contributed by atoms with E-state index in [1.165, 1.54) is 17.5 Å².